The van der Waals surface area contributed by atoms with Gasteiger partial charge in [-0.2, -0.15) is 0 Å². The highest BCUT2D eigenvalue weighted by molar-refractivity contribution is 5.96. The molecule has 0 bridgehead atoms. The molecule has 1 aromatic carbocycles. The van der Waals surface area contributed by atoms with Crippen LogP contribution >= 0.6 is 0 Å². The third kappa shape index (κ3) is 5.19. The van der Waals surface area contributed by atoms with Crippen molar-refractivity contribution in [3.8, 4) is 0 Å². The highest BCUT2D eigenvalue weighted by Gasteiger charge is 2.22. The molecular formula is C22H27N5O2. The maximum absolute atomic E-state index is 12.4. The van der Waals surface area contributed by atoms with Crippen LogP contribution in [0.3, 0.4) is 0 Å². The molecule has 2 aliphatic rings. The van der Waals surface area contributed by atoms with E-state index in [1.807, 2.05) is 48.7 Å². The molecule has 1 aromatic heterocycles. The fourth-order valence-corrected chi connectivity index (χ4v) is 3.88. The predicted octanol–water partition coefficient (Wildman–Crippen LogP) is 1.96. The maximum Gasteiger partial charge on any atom is 0.238 e. The van der Waals surface area contributed by atoms with Crippen LogP contribution in [0.5, 0.6) is 0 Å². The van der Waals surface area contributed by atoms with Gasteiger partial charge in [0.1, 0.15) is 0 Å². The summed E-state index contributed by atoms with van der Waals surface area (Å²) in [6.45, 7) is 5.63. The molecule has 2 aliphatic heterocycles. The van der Waals surface area contributed by atoms with Crippen molar-refractivity contribution in [2.24, 2.45) is 0 Å². The first-order valence-corrected chi connectivity index (χ1v) is 10.2. The van der Waals surface area contributed by atoms with Gasteiger partial charge in [-0.15, -0.1) is 0 Å². The average molecular weight is 393 g/mol. The second-order valence-corrected chi connectivity index (χ2v) is 7.62. The Morgan fingerprint density at radius 3 is 2.38 bits per heavy atom. The molecule has 0 unspecified atom stereocenters. The first kappa shape index (κ1) is 19.5. The van der Waals surface area contributed by atoms with Crippen molar-refractivity contribution in [1.82, 2.24) is 14.8 Å². The summed E-state index contributed by atoms with van der Waals surface area (Å²) in [5.41, 5.74) is 2.74. The minimum Gasteiger partial charge on any atom is -0.325 e. The van der Waals surface area contributed by atoms with Crippen LogP contribution in [0.1, 0.15) is 18.5 Å². The summed E-state index contributed by atoms with van der Waals surface area (Å²) in [4.78, 5) is 35.0. The number of pyridine rings is 1. The lowest BCUT2D eigenvalue weighted by molar-refractivity contribution is -0.118. The van der Waals surface area contributed by atoms with Crippen molar-refractivity contribution < 1.29 is 9.59 Å². The lowest BCUT2D eigenvalue weighted by atomic mass is 10.2. The first-order chi connectivity index (χ1) is 14.2. The van der Waals surface area contributed by atoms with E-state index in [0.29, 0.717) is 13.0 Å². The molecule has 7 heteroatoms. The molecule has 7 nitrogen and oxygen atoms in total. The zero-order valence-electron chi connectivity index (χ0n) is 16.6. The van der Waals surface area contributed by atoms with E-state index in [2.05, 4.69) is 20.1 Å². The number of nitrogens with one attached hydrogen (secondary N) is 1. The van der Waals surface area contributed by atoms with Crippen LogP contribution in [0.25, 0.3) is 0 Å². The average Bonchev–Trinajstić information content (AvgIpc) is 3.17. The van der Waals surface area contributed by atoms with Crippen molar-refractivity contribution in [3.05, 3.63) is 54.4 Å². The van der Waals surface area contributed by atoms with Crippen LogP contribution < -0.4 is 10.2 Å². The molecule has 152 valence electrons. The summed E-state index contributed by atoms with van der Waals surface area (Å²) in [5.74, 6) is 0.164. The normalized spacial score (nSPS) is 18.2. The van der Waals surface area contributed by atoms with Crippen molar-refractivity contribution in [2.75, 3.05) is 49.5 Å². The molecule has 29 heavy (non-hydrogen) atoms. The number of anilines is 2. The summed E-state index contributed by atoms with van der Waals surface area (Å²) in [7, 11) is 0. The van der Waals surface area contributed by atoms with Crippen LogP contribution in [-0.4, -0.2) is 65.9 Å². The van der Waals surface area contributed by atoms with E-state index in [4.69, 9.17) is 0 Å². The zero-order chi connectivity index (χ0) is 20.1. The number of piperazine rings is 1. The largest absolute Gasteiger partial charge is 0.325 e. The Balaban J connectivity index is 1.21. The summed E-state index contributed by atoms with van der Waals surface area (Å²) in [6.07, 6.45) is 3.35. The highest BCUT2D eigenvalue weighted by Crippen LogP contribution is 2.23. The lowest BCUT2D eigenvalue weighted by Crippen LogP contribution is -2.48. The molecule has 0 radical (unpaired) electrons. The second kappa shape index (κ2) is 9.15. The Morgan fingerprint density at radius 2 is 1.72 bits per heavy atom. The Labute approximate surface area is 171 Å². The van der Waals surface area contributed by atoms with Crippen molar-refractivity contribution in [1.29, 1.82) is 0 Å². The van der Waals surface area contributed by atoms with Gasteiger partial charge < -0.3 is 10.2 Å². The molecule has 0 aliphatic carbocycles. The van der Waals surface area contributed by atoms with Crippen LogP contribution in [0.2, 0.25) is 0 Å². The molecule has 0 saturated carbocycles. The van der Waals surface area contributed by atoms with E-state index in [-0.39, 0.29) is 11.8 Å². The molecule has 4 rings (SSSR count). The minimum atomic E-state index is -0.00632. The Bertz CT molecular complexity index is 832. The van der Waals surface area contributed by atoms with Crippen LogP contribution in [0.4, 0.5) is 11.4 Å². The highest BCUT2D eigenvalue weighted by atomic mass is 16.2. The number of carbonyl (C=O) groups is 2. The van der Waals surface area contributed by atoms with Gasteiger partial charge in [0.05, 0.1) is 12.2 Å². The number of benzene rings is 1. The number of rotatable bonds is 6. The summed E-state index contributed by atoms with van der Waals surface area (Å²) in [6, 6.07) is 13.5. The van der Waals surface area contributed by atoms with Gasteiger partial charge in [-0.05, 0) is 42.8 Å². The lowest BCUT2D eigenvalue weighted by Gasteiger charge is -2.34. The number of hydrogen-bond acceptors (Lipinski definition) is 5. The standard InChI is InChI=1S/C22H27N5O2/c28-21(24-18-6-8-20(9-7-18)27-11-3-5-22(27)29)17-26-14-12-25(13-15-26)16-19-4-1-2-10-23-19/h1-2,4,6-10H,3,5,11-17H2,(H,24,28). The van der Waals surface area contributed by atoms with Crippen molar-refractivity contribution >= 4 is 23.2 Å². The number of aromatic nitrogens is 1. The van der Waals surface area contributed by atoms with Gasteiger partial charge in [-0.1, -0.05) is 6.07 Å². The van der Waals surface area contributed by atoms with Gasteiger partial charge in [0.2, 0.25) is 11.8 Å². The van der Waals surface area contributed by atoms with Gasteiger partial charge in [-0.25, -0.2) is 0 Å². The Hall–Kier alpha value is -2.77. The summed E-state index contributed by atoms with van der Waals surface area (Å²) in [5, 5.41) is 2.96. The van der Waals surface area contributed by atoms with Crippen molar-refractivity contribution in [3.63, 3.8) is 0 Å². The molecule has 2 saturated heterocycles. The van der Waals surface area contributed by atoms with Crippen LogP contribution in [-0.2, 0) is 16.1 Å². The third-order valence-electron chi connectivity index (χ3n) is 5.48. The van der Waals surface area contributed by atoms with E-state index < -0.39 is 0 Å². The first-order valence-electron chi connectivity index (χ1n) is 10.2. The van der Waals surface area contributed by atoms with Gasteiger partial charge in [0.25, 0.3) is 0 Å². The minimum absolute atomic E-state index is 0.00632. The molecule has 1 N–H and O–H groups in total. The monoisotopic (exact) mass is 393 g/mol. The predicted molar refractivity (Wildman–Crippen MR) is 113 cm³/mol. The quantitative estimate of drug-likeness (QED) is 0.813. The number of carbonyl (C=O) groups excluding carboxylic acids is 2. The van der Waals surface area contributed by atoms with Crippen LogP contribution in [0.15, 0.2) is 48.7 Å². The van der Waals surface area contributed by atoms with Gasteiger partial charge in [-0.3, -0.25) is 24.4 Å². The number of hydrogen-bond donors (Lipinski definition) is 1. The Kier molecular flexibility index (Phi) is 6.17. The van der Waals surface area contributed by atoms with E-state index >= 15 is 0 Å². The molecule has 2 fully saturated rings. The number of nitrogens with zero attached hydrogens (tertiary/aromatic N) is 4. The topological polar surface area (TPSA) is 68.8 Å². The summed E-state index contributed by atoms with van der Waals surface area (Å²) < 4.78 is 0. The molecule has 0 spiro atoms. The van der Waals surface area contributed by atoms with Crippen molar-refractivity contribution in [2.45, 2.75) is 19.4 Å². The maximum atomic E-state index is 12.4. The van der Waals surface area contributed by atoms with Gasteiger partial charge in [0.15, 0.2) is 0 Å². The molecule has 0 atom stereocenters. The van der Waals surface area contributed by atoms with E-state index in [1.165, 1.54) is 0 Å². The molecule has 2 aromatic rings. The van der Waals surface area contributed by atoms with E-state index in [0.717, 1.165) is 62.8 Å². The van der Waals surface area contributed by atoms with Gasteiger partial charge >= 0.3 is 0 Å². The molecule has 2 amide bonds. The fraction of sp³-hybridized carbons (Fsp3) is 0.409. The van der Waals surface area contributed by atoms with Gasteiger partial charge in [0, 0.05) is 63.3 Å². The number of amides is 2. The van der Waals surface area contributed by atoms with Crippen LogP contribution in [0, 0.1) is 0 Å². The fourth-order valence-electron chi connectivity index (χ4n) is 3.88. The molecular weight excluding hydrogens is 366 g/mol. The third-order valence-corrected chi connectivity index (χ3v) is 5.48. The SMILES string of the molecule is O=C(CN1CCN(Cc2ccccn2)CC1)Nc1ccc(N2CCCC2=O)cc1. The zero-order valence-corrected chi connectivity index (χ0v) is 16.6. The Morgan fingerprint density at radius 1 is 0.966 bits per heavy atom. The smallest absolute Gasteiger partial charge is 0.238 e. The van der Waals surface area contributed by atoms with E-state index in [1.54, 1.807) is 4.90 Å². The summed E-state index contributed by atoms with van der Waals surface area (Å²) >= 11 is 0. The molecule has 3 heterocycles. The second-order valence-electron chi connectivity index (χ2n) is 7.62. The van der Waals surface area contributed by atoms with E-state index in [9.17, 15) is 9.59 Å².